The first kappa shape index (κ1) is 12.7. The largest absolute Gasteiger partial charge is 0.399 e. The standard InChI is InChI=1S/C12H20N4/c13-6-1-2-7-16-9-12(15)10-4-3-5-11(14)8-10/h3-5,8,15-16H,1-2,6-7,9,13-14H2. The van der Waals surface area contributed by atoms with E-state index in [2.05, 4.69) is 5.32 Å². The average molecular weight is 220 g/mol. The number of benzene rings is 1. The van der Waals surface area contributed by atoms with Crippen molar-refractivity contribution in [3.8, 4) is 0 Å². The number of rotatable bonds is 7. The molecule has 0 saturated carbocycles. The molecule has 1 aromatic carbocycles. The fraction of sp³-hybridized carbons (Fsp3) is 0.417. The van der Waals surface area contributed by atoms with Crippen molar-refractivity contribution in [1.29, 1.82) is 5.41 Å². The summed E-state index contributed by atoms with van der Waals surface area (Å²) in [5, 5.41) is 11.1. The summed E-state index contributed by atoms with van der Waals surface area (Å²) in [6, 6.07) is 7.42. The Hall–Kier alpha value is -1.39. The molecule has 0 spiro atoms. The highest BCUT2D eigenvalue weighted by Gasteiger charge is 2.00. The van der Waals surface area contributed by atoms with Gasteiger partial charge in [0.15, 0.2) is 0 Å². The van der Waals surface area contributed by atoms with E-state index >= 15 is 0 Å². The van der Waals surface area contributed by atoms with Crippen molar-refractivity contribution < 1.29 is 0 Å². The number of unbranched alkanes of at least 4 members (excludes halogenated alkanes) is 1. The van der Waals surface area contributed by atoms with Crippen LogP contribution < -0.4 is 16.8 Å². The number of nitrogen functional groups attached to an aromatic ring is 1. The lowest BCUT2D eigenvalue weighted by Crippen LogP contribution is -2.24. The zero-order valence-corrected chi connectivity index (χ0v) is 9.50. The van der Waals surface area contributed by atoms with Gasteiger partial charge in [-0.2, -0.15) is 0 Å². The second-order valence-electron chi connectivity index (χ2n) is 3.78. The third kappa shape index (κ3) is 4.42. The Morgan fingerprint density at radius 1 is 1.31 bits per heavy atom. The van der Waals surface area contributed by atoms with Crippen molar-refractivity contribution in [3.05, 3.63) is 29.8 Å². The Balaban J connectivity index is 2.30. The molecular formula is C12H20N4. The van der Waals surface area contributed by atoms with Gasteiger partial charge in [0.2, 0.25) is 0 Å². The molecule has 0 saturated heterocycles. The SMILES string of the molecule is N=C(CNCCCCN)c1cccc(N)c1. The van der Waals surface area contributed by atoms with E-state index < -0.39 is 0 Å². The minimum Gasteiger partial charge on any atom is -0.399 e. The number of hydrogen-bond donors (Lipinski definition) is 4. The van der Waals surface area contributed by atoms with Gasteiger partial charge in [-0.3, -0.25) is 0 Å². The zero-order valence-electron chi connectivity index (χ0n) is 9.50. The normalized spacial score (nSPS) is 10.3. The Bertz CT molecular complexity index is 336. The van der Waals surface area contributed by atoms with Gasteiger partial charge in [0, 0.05) is 12.2 Å². The first-order valence-corrected chi connectivity index (χ1v) is 5.58. The fourth-order valence-electron chi connectivity index (χ4n) is 1.44. The summed E-state index contributed by atoms with van der Waals surface area (Å²) < 4.78 is 0. The van der Waals surface area contributed by atoms with E-state index in [0.29, 0.717) is 17.9 Å². The predicted octanol–water partition coefficient (Wildman–Crippen LogP) is 0.965. The molecule has 0 bridgehead atoms. The Morgan fingerprint density at radius 2 is 2.12 bits per heavy atom. The third-order valence-electron chi connectivity index (χ3n) is 2.34. The molecule has 4 heteroatoms. The van der Waals surface area contributed by atoms with Crippen molar-refractivity contribution >= 4 is 11.4 Å². The van der Waals surface area contributed by atoms with Crippen molar-refractivity contribution in [2.24, 2.45) is 5.73 Å². The molecule has 0 aromatic heterocycles. The van der Waals surface area contributed by atoms with Gasteiger partial charge < -0.3 is 22.2 Å². The van der Waals surface area contributed by atoms with E-state index in [1.54, 1.807) is 0 Å². The van der Waals surface area contributed by atoms with Gasteiger partial charge in [-0.05, 0) is 43.6 Å². The molecule has 0 aliphatic rings. The van der Waals surface area contributed by atoms with Gasteiger partial charge in [-0.25, -0.2) is 0 Å². The maximum atomic E-state index is 7.86. The van der Waals surface area contributed by atoms with Crippen LogP contribution in [-0.4, -0.2) is 25.3 Å². The maximum Gasteiger partial charge on any atom is 0.0524 e. The Labute approximate surface area is 96.5 Å². The number of hydrogen-bond acceptors (Lipinski definition) is 4. The monoisotopic (exact) mass is 220 g/mol. The predicted molar refractivity (Wildman–Crippen MR) is 68.8 cm³/mol. The molecule has 0 aliphatic heterocycles. The van der Waals surface area contributed by atoms with E-state index in [1.807, 2.05) is 24.3 Å². The van der Waals surface area contributed by atoms with Gasteiger partial charge in [0.25, 0.3) is 0 Å². The van der Waals surface area contributed by atoms with Gasteiger partial charge in [-0.1, -0.05) is 12.1 Å². The van der Waals surface area contributed by atoms with Gasteiger partial charge in [0.1, 0.15) is 0 Å². The second kappa shape index (κ2) is 6.98. The van der Waals surface area contributed by atoms with Crippen LogP contribution in [0.3, 0.4) is 0 Å². The lowest BCUT2D eigenvalue weighted by Gasteiger charge is -2.06. The van der Waals surface area contributed by atoms with Crippen LogP contribution >= 0.6 is 0 Å². The van der Waals surface area contributed by atoms with Crippen LogP contribution in [0.4, 0.5) is 5.69 Å². The lowest BCUT2D eigenvalue weighted by molar-refractivity contribution is 0.667. The average Bonchev–Trinajstić information content (AvgIpc) is 2.28. The van der Waals surface area contributed by atoms with Crippen molar-refractivity contribution in [2.75, 3.05) is 25.4 Å². The molecule has 0 unspecified atom stereocenters. The van der Waals surface area contributed by atoms with E-state index in [0.717, 1.165) is 31.5 Å². The molecule has 16 heavy (non-hydrogen) atoms. The van der Waals surface area contributed by atoms with Crippen LogP contribution in [0.5, 0.6) is 0 Å². The molecule has 6 N–H and O–H groups in total. The van der Waals surface area contributed by atoms with Crippen LogP contribution in [0, 0.1) is 5.41 Å². The van der Waals surface area contributed by atoms with E-state index in [4.69, 9.17) is 16.9 Å². The van der Waals surface area contributed by atoms with Crippen molar-refractivity contribution in [1.82, 2.24) is 5.32 Å². The smallest absolute Gasteiger partial charge is 0.0524 e. The molecule has 0 aliphatic carbocycles. The van der Waals surface area contributed by atoms with E-state index in [1.165, 1.54) is 0 Å². The van der Waals surface area contributed by atoms with Gasteiger partial charge >= 0.3 is 0 Å². The Morgan fingerprint density at radius 3 is 2.81 bits per heavy atom. The zero-order chi connectivity index (χ0) is 11.8. The van der Waals surface area contributed by atoms with Crippen LogP contribution in [0.2, 0.25) is 0 Å². The van der Waals surface area contributed by atoms with Gasteiger partial charge in [-0.15, -0.1) is 0 Å². The minimum absolute atomic E-state index is 0.569. The first-order valence-electron chi connectivity index (χ1n) is 5.58. The molecule has 0 atom stereocenters. The summed E-state index contributed by atoms with van der Waals surface area (Å²) in [4.78, 5) is 0. The summed E-state index contributed by atoms with van der Waals surface area (Å²) >= 11 is 0. The van der Waals surface area contributed by atoms with Crippen molar-refractivity contribution in [3.63, 3.8) is 0 Å². The summed E-state index contributed by atoms with van der Waals surface area (Å²) in [5.74, 6) is 0. The fourth-order valence-corrected chi connectivity index (χ4v) is 1.44. The molecule has 0 fully saturated rings. The quantitative estimate of drug-likeness (QED) is 0.313. The summed E-state index contributed by atoms with van der Waals surface area (Å²) in [7, 11) is 0. The number of anilines is 1. The Kier molecular flexibility index (Phi) is 5.53. The number of nitrogens with two attached hydrogens (primary N) is 2. The highest BCUT2D eigenvalue weighted by atomic mass is 14.9. The summed E-state index contributed by atoms with van der Waals surface area (Å²) in [6.45, 7) is 2.21. The van der Waals surface area contributed by atoms with E-state index in [-0.39, 0.29) is 0 Å². The molecular weight excluding hydrogens is 200 g/mol. The van der Waals surface area contributed by atoms with Crippen LogP contribution in [-0.2, 0) is 0 Å². The molecule has 4 nitrogen and oxygen atoms in total. The first-order chi connectivity index (χ1) is 7.74. The van der Waals surface area contributed by atoms with E-state index in [9.17, 15) is 0 Å². The maximum absolute atomic E-state index is 7.86. The molecule has 1 rings (SSSR count). The second-order valence-corrected chi connectivity index (χ2v) is 3.78. The minimum atomic E-state index is 0.569. The van der Waals surface area contributed by atoms with Crippen molar-refractivity contribution in [2.45, 2.75) is 12.8 Å². The van der Waals surface area contributed by atoms with Gasteiger partial charge in [0.05, 0.1) is 5.71 Å². The summed E-state index contributed by atoms with van der Waals surface area (Å²) in [5.41, 5.74) is 13.2. The molecule has 1 aromatic rings. The highest BCUT2D eigenvalue weighted by Crippen LogP contribution is 2.06. The van der Waals surface area contributed by atoms with Crippen LogP contribution in [0.15, 0.2) is 24.3 Å². The molecule has 88 valence electrons. The summed E-state index contributed by atoms with van der Waals surface area (Å²) in [6.07, 6.45) is 2.08. The third-order valence-corrected chi connectivity index (χ3v) is 2.34. The molecule has 0 heterocycles. The molecule has 0 amide bonds. The lowest BCUT2D eigenvalue weighted by atomic mass is 10.1. The van der Waals surface area contributed by atoms with Crippen LogP contribution in [0.25, 0.3) is 0 Å². The number of nitrogens with one attached hydrogen (secondary N) is 2. The topological polar surface area (TPSA) is 87.9 Å². The van der Waals surface area contributed by atoms with Crippen LogP contribution in [0.1, 0.15) is 18.4 Å². The highest BCUT2D eigenvalue weighted by molar-refractivity contribution is 6.00. The molecule has 0 radical (unpaired) electrons.